The highest BCUT2D eigenvalue weighted by atomic mass is 16.5. The molecule has 1 fully saturated rings. The van der Waals surface area contributed by atoms with Crippen LogP contribution in [-0.4, -0.2) is 60.5 Å². The first-order valence-corrected chi connectivity index (χ1v) is 12.6. The highest BCUT2D eigenvalue weighted by Gasteiger charge is 2.48. The van der Waals surface area contributed by atoms with E-state index in [9.17, 15) is 9.59 Å². The van der Waals surface area contributed by atoms with E-state index in [2.05, 4.69) is 11.1 Å². The predicted octanol–water partition coefficient (Wildman–Crippen LogP) is 4.08. The maximum absolute atomic E-state index is 14.0. The molecule has 2 aliphatic heterocycles. The Labute approximate surface area is 220 Å². The predicted molar refractivity (Wildman–Crippen MR) is 142 cm³/mol. The average Bonchev–Trinajstić information content (AvgIpc) is 3.33. The Morgan fingerprint density at radius 3 is 2.39 bits per heavy atom. The lowest BCUT2D eigenvalue weighted by atomic mass is 9.86. The lowest BCUT2D eigenvalue weighted by Crippen LogP contribution is -2.62. The smallest absolute Gasteiger partial charge is 0.246 e. The van der Waals surface area contributed by atoms with Crippen LogP contribution < -0.4 is 14.2 Å². The maximum Gasteiger partial charge on any atom is 0.246 e. The molecule has 2 unspecified atom stereocenters. The number of carbonyl (C=O) groups is 2. The maximum atomic E-state index is 14.0. The van der Waals surface area contributed by atoms with Gasteiger partial charge in [-0.25, -0.2) is 0 Å². The van der Waals surface area contributed by atoms with Crippen LogP contribution in [0, 0.1) is 0 Å². The number of piperazine rings is 1. The van der Waals surface area contributed by atoms with Crippen molar-refractivity contribution < 1.29 is 23.8 Å². The summed E-state index contributed by atoms with van der Waals surface area (Å²) in [6.45, 7) is 0.376. The normalized spacial score (nSPS) is 18.8. The summed E-state index contributed by atoms with van der Waals surface area (Å²) >= 11 is 0. The quantitative estimate of drug-likeness (QED) is 0.422. The first kappa shape index (κ1) is 23.9. The van der Waals surface area contributed by atoms with Crippen LogP contribution in [-0.2, 0) is 22.6 Å². The van der Waals surface area contributed by atoms with Crippen LogP contribution in [0.2, 0.25) is 0 Å². The Kier molecular flexibility index (Phi) is 5.94. The van der Waals surface area contributed by atoms with Crippen molar-refractivity contribution in [3.05, 3.63) is 89.1 Å². The number of para-hydroxylation sites is 1. The minimum absolute atomic E-state index is 0.0146. The van der Waals surface area contributed by atoms with Crippen LogP contribution in [0.3, 0.4) is 0 Å². The molecule has 2 atom stereocenters. The number of hydrogen-bond acceptors (Lipinski definition) is 5. The van der Waals surface area contributed by atoms with Gasteiger partial charge >= 0.3 is 0 Å². The van der Waals surface area contributed by atoms with Crippen molar-refractivity contribution in [2.45, 2.75) is 25.0 Å². The van der Waals surface area contributed by atoms with Gasteiger partial charge in [0.1, 0.15) is 18.3 Å². The molecule has 194 valence electrons. The molecule has 6 rings (SSSR count). The number of aromatic amines is 1. The number of amides is 2. The monoisotopic (exact) mass is 511 g/mol. The summed E-state index contributed by atoms with van der Waals surface area (Å²) in [7, 11) is 4.80. The van der Waals surface area contributed by atoms with Crippen LogP contribution in [0.1, 0.15) is 28.4 Å². The Hall–Kier alpha value is -4.46. The molecule has 2 amide bonds. The number of nitrogens with one attached hydrogen (secondary N) is 1. The number of nitrogens with zero attached hydrogens (tertiary/aromatic N) is 2. The second-order valence-corrected chi connectivity index (χ2v) is 9.64. The van der Waals surface area contributed by atoms with E-state index in [4.69, 9.17) is 14.2 Å². The molecule has 0 saturated carbocycles. The van der Waals surface area contributed by atoms with E-state index in [0.717, 1.165) is 39.0 Å². The van der Waals surface area contributed by atoms with E-state index in [1.165, 1.54) is 0 Å². The number of benzene rings is 3. The fraction of sp³-hybridized carbons (Fsp3) is 0.267. The zero-order valence-electron chi connectivity index (χ0n) is 21.6. The number of carbonyl (C=O) groups excluding carboxylic acids is 2. The molecule has 2 aliphatic rings. The van der Waals surface area contributed by atoms with Gasteiger partial charge < -0.3 is 29.0 Å². The largest absolute Gasteiger partial charge is 0.497 e. The summed E-state index contributed by atoms with van der Waals surface area (Å²) in [4.78, 5) is 34.7. The summed E-state index contributed by atoms with van der Waals surface area (Å²) in [5.41, 5.74) is 4.77. The van der Waals surface area contributed by atoms with Crippen molar-refractivity contribution in [2.75, 3.05) is 27.9 Å². The van der Waals surface area contributed by atoms with E-state index in [-0.39, 0.29) is 18.4 Å². The van der Waals surface area contributed by atoms with Crippen LogP contribution in [0.5, 0.6) is 17.2 Å². The topological polar surface area (TPSA) is 84.1 Å². The van der Waals surface area contributed by atoms with Crippen molar-refractivity contribution >= 4 is 22.7 Å². The number of hydrogen-bond donors (Lipinski definition) is 1. The summed E-state index contributed by atoms with van der Waals surface area (Å²) < 4.78 is 16.3. The van der Waals surface area contributed by atoms with E-state index in [1.54, 1.807) is 31.1 Å². The lowest BCUT2D eigenvalue weighted by Gasteiger charge is -2.47. The van der Waals surface area contributed by atoms with Gasteiger partial charge in [0.2, 0.25) is 11.8 Å². The van der Waals surface area contributed by atoms with Gasteiger partial charge in [-0.05, 0) is 47.0 Å². The molecule has 0 spiro atoms. The van der Waals surface area contributed by atoms with Crippen LogP contribution in [0.25, 0.3) is 10.9 Å². The third kappa shape index (κ3) is 3.84. The number of methoxy groups -OCH3 is 3. The molecule has 8 heteroatoms. The van der Waals surface area contributed by atoms with Gasteiger partial charge in [-0.15, -0.1) is 0 Å². The number of fused-ring (bicyclic) bond motifs is 4. The fourth-order valence-corrected chi connectivity index (χ4v) is 5.78. The van der Waals surface area contributed by atoms with Gasteiger partial charge in [-0.2, -0.15) is 0 Å². The minimum atomic E-state index is -0.612. The average molecular weight is 512 g/mol. The van der Waals surface area contributed by atoms with Gasteiger partial charge in [0.25, 0.3) is 0 Å². The molecule has 1 saturated heterocycles. The van der Waals surface area contributed by atoms with Crippen molar-refractivity contribution in [3.8, 4) is 17.2 Å². The number of H-pyrrole nitrogens is 1. The molecule has 0 bridgehead atoms. The number of rotatable bonds is 6. The van der Waals surface area contributed by atoms with E-state index >= 15 is 0 Å². The Morgan fingerprint density at radius 2 is 1.66 bits per heavy atom. The first-order chi connectivity index (χ1) is 18.5. The highest BCUT2D eigenvalue weighted by Crippen LogP contribution is 2.44. The molecular formula is C30H29N3O5. The van der Waals surface area contributed by atoms with Crippen molar-refractivity contribution in [3.63, 3.8) is 0 Å². The van der Waals surface area contributed by atoms with Crippen LogP contribution in [0.4, 0.5) is 0 Å². The molecule has 3 aromatic carbocycles. The SMILES string of the molecule is COc1ccc(CN2CC(=O)N3C(Cc4c([nH]c5ccccc45)C3c3ccc(OC)c(OC)c3)C2=O)cc1. The molecule has 1 N–H and O–H groups in total. The van der Waals surface area contributed by atoms with Gasteiger partial charge in [-0.3, -0.25) is 9.59 Å². The summed E-state index contributed by atoms with van der Waals surface area (Å²) in [5.74, 6) is 1.78. The van der Waals surface area contributed by atoms with Crippen molar-refractivity contribution in [1.29, 1.82) is 0 Å². The molecule has 3 heterocycles. The van der Waals surface area contributed by atoms with Crippen molar-refractivity contribution in [2.24, 2.45) is 0 Å². The molecule has 8 nitrogen and oxygen atoms in total. The summed E-state index contributed by atoms with van der Waals surface area (Å²) in [5, 5.41) is 1.07. The Bertz CT molecular complexity index is 1530. The van der Waals surface area contributed by atoms with Gasteiger partial charge in [0.05, 0.1) is 27.4 Å². The van der Waals surface area contributed by atoms with Gasteiger partial charge in [0, 0.05) is 29.6 Å². The third-order valence-corrected chi connectivity index (χ3v) is 7.60. The molecule has 0 aliphatic carbocycles. The van der Waals surface area contributed by atoms with Gasteiger partial charge in [-0.1, -0.05) is 36.4 Å². The highest BCUT2D eigenvalue weighted by molar-refractivity contribution is 5.97. The van der Waals surface area contributed by atoms with E-state index < -0.39 is 12.1 Å². The molecule has 1 aromatic heterocycles. The summed E-state index contributed by atoms with van der Waals surface area (Å²) in [6.07, 6.45) is 0.451. The molecule has 0 radical (unpaired) electrons. The second-order valence-electron chi connectivity index (χ2n) is 9.64. The Balaban J connectivity index is 1.43. The second kappa shape index (κ2) is 9.45. The molecular weight excluding hydrogens is 482 g/mol. The van der Waals surface area contributed by atoms with E-state index in [1.807, 2.05) is 60.7 Å². The van der Waals surface area contributed by atoms with Crippen LogP contribution in [0.15, 0.2) is 66.7 Å². The fourth-order valence-electron chi connectivity index (χ4n) is 5.78. The van der Waals surface area contributed by atoms with Crippen molar-refractivity contribution in [1.82, 2.24) is 14.8 Å². The standard InChI is InChI=1S/C30H29N3O5/c1-36-20-11-8-18(9-12-20)16-32-17-27(34)33-24(30(32)35)15-22-21-6-4-5-7-23(21)31-28(22)29(33)19-10-13-25(37-2)26(14-19)38-3/h4-14,24,29,31H,15-17H2,1-3H3. The number of aromatic nitrogens is 1. The first-order valence-electron chi connectivity index (χ1n) is 12.6. The minimum Gasteiger partial charge on any atom is -0.497 e. The molecule has 38 heavy (non-hydrogen) atoms. The summed E-state index contributed by atoms with van der Waals surface area (Å²) in [6, 6.07) is 20.2. The third-order valence-electron chi connectivity index (χ3n) is 7.60. The van der Waals surface area contributed by atoms with Gasteiger partial charge in [0.15, 0.2) is 11.5 Å². The zero-order valence-corrected chi connectivity index (χ0v) is 21.6. The number of ether oxygens (including phenoxy) is 3. The lowest BCUT2D eigenvalue weighted by molar-refractivity contribution is -0.159. The van der Waals surface area contributed by atoms with E-state index in [0.29, 0.717) is 24.5 Å². The molecule has 4 aromatic rings. The zero-order chi connectivity index (χ0) is 26.4. The van der Waals surface area contributed by atoms with Crippen LogP contribution >= 0.6 is 0 Å². The Morgan fingerprint density at radius 1 is 0.895 bits per heavy atom.